The fourth-order valence-electron chi connectivity index (χ4n) is 5.24. The first-order valence-corrected chi connectivity index (χ1v) is 11.1. The van der Waals surface area contributed by atoms with Gasteiger partial charge in [0.1, 0.15) is 0 Å². The molecule has 2 aliphatic heterocycles. The van der Waals surface area contributed by atoms with Gasteiger partial charge < -0.3 is 20.3 Å². The number of rotatable bonds is 6. The molecule has 0 saturated carbocycles. The minimum absolute atomic E-state index is 0.223. The van der Waals surface area contributed by atoms with E-state index in [1.165, 1.54) is 26.2 Å². The Morgan fingerprint density at radius 1 is 1.13 bits per heavy atom. The molecule has 3 heterocycles. The summed E-state index contributed by atoms with van der Waals surface area (Å²) in [5.41, 5.74) is 0.433. The molecule has 1 atom stereocenters. The molecule has 1 aromatic carbocycles. The van der Waals surface area contributed by atoms with Crippen LogP contribution in [0.5, 0.6) is 0 Å². The molecule has 1 amide bonds. The third-order valence-electron chi connectivity index (χ3n) is 6.77. The summed E-state index contributed by atoms with van der Waals surface area (Å²) in [6.07, 6.45) is 7.78. The first-order chi connectivity index (χ1) is 14.5. The van der Waals surface area contributed by atoms with Crippen LogP contribution in [0.2, 0.25) is 0 Å². The van der Waals surface area contributed by atoms with E-state index in [1.54, 1.807) is 0 Å². The molecule has 0 bridgehead atoms. The van der Waals surface area contributed by atoms with Crippen LogP contribution in [-0.2, 0) is 16.0 Å². The quantitative estimate of drug-likeness (QED) is 0.679. The van der Waals surface area contributed by atoms with Crippen LogP contribution < -0.4 is 5.32 Å². The predicted octanol–water partition coefficient (Wildman–Crippen LogP) is 2.58. The summed E-state index contributed by atoms with van der Waals surface area (Å²) in [4.78, 5) is 32.5. The smallest absolute Gasteiger partial charge is 0.345 e. The van der Waals surface area contributed by atoms with E-state index < -0.39 is 11.6 Å². The van der Waals surface area contributed by atoms with Gasteiger partial charge in [0.05, 0.1) is 0 Å². The maximum Gasteiger partial charge on any atom is 0.345 e. The van der Waals surface area contributed by atoms with Gasteiger partial charge in [0.15, 0.2) is 5.66 Å². The minimum Gasteiger partial charge on any atom is -0.478 e. The fraction of sp³-hybridized carbons (Fsp3) is 0.565. The molecule has 2 fully saturated rings. The number of H-pyrrole nitrogens is 1. The molecule has 30 heavy (non-hydrogen) atoms. The van der Waals surface area contributed by atoms with E-state index in [4.69, 9.17) is 0 Å². The number of hydrogen-bond donors (Lipinski definition) is 3. The molecule has 7 heteroatoms. The van der Waals surface area contributed by atoms with E-state index in [0.29, 0.717) is 19.1 Å². The number of benzene rings is 1. The highest BCUT2D eigenvalue weighted by Crippen LogP contribution is 2.29. The lowest BCUT2D eigenvalue weighted by atomic mass is 9.92. The van der Waals surface area contributed by atoms with E-state index in [1.807, 2.05) is 35.4 Å². The number of likely N-dealkylation sites (tertiary alicyclic amines) is 2. The number of amides is 1. The molecule has 2 aliphatic rings. The molecule has 7 nitrogen and oxygen atoms in total. The Morgan fingerprint density at radius 3 is 2.50 bits per heavy atom. The van der Waals surface area contributed by atoms with Crippen LogP contribution in [0.1, 0.15) is 44.6 Å². The van der Waals surface area contributed by atoms with Crippen LogP contribution in [0.3, 0.4) is 0 Å². The van der Waals surface area contributed by atoms with E-state index >= 15 is 0 Å². The summed E-state index contributed by atoms with van der Waals surface area (Å²) >= 11 is 0. The number of piperidine rings is 2. The van der Waals surface area contributed by atoms with Crippen LogP contribution in [-0.4, -0.2) is 69.7 Å². The van der Waals surface area contributed by atoms with E-state index in [0.717, 1.165) is 42.4 Å². The van der Waals surface area contributed by atoms with Gasteiger partial charge >= 0.3 is 5.97 Å². The highest BCUT2D eigenvalue weighted by Gasteiger charge is 2.47. The Hall–Kier alpha value is -2.38. The van der Waals surface area contributed by atoms with E-state index in [-0.39, 0.29) is 12.3 Å². The lowest BCUT2D eigenvalue weighted by Crippen LogP contribution is -2.68. The standard InChI is InChI=1S/C23H32N4O3/c1-17(28)25-23(22(29)30,15-18-16-24-21-8-4-3-7-20(18)21)27-13-9-19(10-14-27)26-11-5-2-6-12-26/h3-4,7-8,16,19,24H,2,5-6,9-15H2,1H3,(H,25,28)(H,29,30). The van der Waals surface area contributed by atoms with Crippen molar-refractivity contribution < 1.29 is 14.7 Å². The van der Waals surface area contributed by atoms with Gasteiger partial charge in [-0.25, -0.2) is 4.79 Å². The zero-order valence-electron chi connectivity index (χ0n) is 17.7. The van der Waals surface area contributed by atoms with Crippen molar-refractivity contribution in [2.75, 3.05) is 26.2 Å². The van der Waals surface area contributed by atoms with Crippen LogP contribution in [0.4, 0.5) is 0 Å². The first kappa shape index (κ1) is 20.9. The van der Waals surface area contributed by atoms with Crippen molar-refractivity contribution in [2.24, 2.45) is 0 Å². The summed E-state index contributed by atoms with van der Waals surface area (Å²) < 4.78 is 0. The number of carboxylic acids is 1. The number of aromatic nitrogens is 1. The number of hydrogen-bond acceptors (Lipinski definition) is 4. The Morgan fingerprint density at radius 2 is 1.83 bits per heavy atom. The molecule has 0 radical (unpaired) electrons. The van der Waals surface area contributed by atoms with E-state index in [2.05, 4.69) is 15.2 Å². The van der Waals surface area contributed by atoms with Gasteiger partial charge in [0.2, 0.25) is 5.91 Å². The van der Waals surface area contributed by atoms with Gasteiger partial charge in [-0.05, 0) is 50.4 Å². The van der Waals surface area contributed by atoms with Crippen LogP contribution >= 0.6 is 0 Å². The number of nitrogens with one attached hydrogen (secondary N) is 2. The minimum atomic E-state index is -1.44. The summed E-state index contributed by atoms with van der Waals surface area (Å²) in [6, 6.07) is 8.38. The molecular weight excluding hydrogens is 380 g/mol. The van der Waals surface area contributed by atoms with E-state index in [9.17, 15) is 14.7 Å². The number of carbonyl (C=O) groups excluding carboxylic acids is 1. The van der Waals surface area contributed by atoms with Crippen LogP contribution in [0.25, 0.3) is 10.9 Å². The summed E-state index contributed by atoms with van der Waals surface area (Å²) in [6.45, 7) is 5.02. The fourth-order valence-corrected chi connectivity index (χ4v) is 5.24. The van der Waals surface area contributed by atoms with Crippen molar-refractivity contribution in [1.29, 1.82) is 0 Å². The van der Waals surface area contributed by atoms with Crippen molar-refractivity contribution in [3.63, 3.8) is 0 Å². The first-order valence-electron chi connectivity index (χ1n) is 11.1. The maximum absolute atomic E-state index is 12.6. The lowest BCUT2D eigenvalue weighted by Gasteiger charge is -2.46. The number of carboxylic acid groups (broad SMARTS) is 1. The van der Waals surface area contributed by atoms with Gasteiger partial charge in [0.25, 0.3) is 0 Å². The number of nitrogens with zero attached hydrogens (tertiary/aromatic N) is 2. The number of carbonyl (C=O) groups is 2. The molecule has 2 aromatic rings. The number of fused-ring (bicyclic) bond motifs is 1. The maximum atomic E-state index is 12.6. The molecular formula is C23H32N4O3. The largest absolute Gasteiger partial charge is 0.478 e. The summed E-state index contributed by atoms with van der Waals surface area (Å²) in [7, 11) is 0. The van der Waals surface area contributed by atoms with Crippen molar-refractivity contribution in [3.05, 3.63) is 36.0 Å². The zero-order valence-corrected chi connectivity index (χ0v) is 17.7. The molecule has 4 rings (SSSR count). The Bertz CT molecular complexity index is 897. The average Bonchev–Trinajstić information content (AvgIpc) is 3.16. The molecule has 0 aliphatic carbocycles. The van der Waals surface area contributed by atoms with Gasteiger partial charge in [-0.1, -0.05) is 24.6 Å². The van der Waals surface area contributed by atoms with Crippen molar-refractivity contribution in [3.8, 4) is 0 Å². The Balaban J connectivity index is 1.58. The number of aliphatic carboxylic acids is 1. The molecule has 162 valence electrons. The third kappa shape index (κ3) is 4.09. The molecule has 3 N–H and O–H groups in total. The topological polar surface area (TPSA) is 88.7 Å². The second-order valence-corrected chi connectivity index (χ2v) is 8.70. The highest BCUT2D eigenvalue weighted by atomic mass is 16.4. The lowest BCUT2D eigenvalue weighted by molar-refractivity contribution is -0.159. The second-order valence-electron chi connectivity index (χ2n) is 8.70. The second kappa shape index (κ2) is 8.78. The van der Waals surface area contributed by atoms with Gasteiger partial charge in [-0.2, -0.15) is 0 Å². The molecule has 1 aromatic heterocycles. The Kier molecular flexibility index (Phi) is 6.11. The average molecular weight is 413 g/mol. The van der Waals surface area contributed by atoms with Gasteiger partial charge in [-0.3, -0.25) is 9.69 Å². The molecule has 0 spiro atoms. The predicted molar refractivity (Wildman–Crippen MR) is 116 cm³/mol. The number of aromatic amines is 1. The summed E-state index contributed by atoms with van der Waals surface area (Å²) in [5, 5.41) is 14.2. The Labute approximate surface area is 177 Å². The van der Waals surface area contributed by atoms with Crippen molar-refractivity contribution in [1.82, 2.24) is 20.1 Å². The van der Waals surface area contributed by atoms with Crippen LogP contribution in [0, 0.1) is 0 Å². The molecule has 1 unspecified atom stereocenters. The normalized spacial score (nSPS) is 21.4. The third-order valence-corrected chi connectivity index (χ3v) is 6.77. The van der Waals surface area contributed by atoms with Gasteiger partial charge in [0, 0.05) is 49.6 Å². The zero-order chi connectivity index (χ0) is 21.1. The SMILES string of the molecule is CC(=O)NC(Cc1c[nH]c2ccccc12)(C(=O)O)N1CCC(N2CCCCC2)CC1. The summed E-state index contributed by atoms with van der Waals surface area (Å²) in [5.74, 6) is -1.32. The highest BCUT2D eigenvalue weighted by molar-refractivity contribution is 5.88. The van der Waals surface area contributed by atoms with Crippen molar-refractivity contribution >= 4 is 22.8 Å². The number of para-hydroxylation sites is 1. The van der Waals surface area contributed by atoms with Crippen LogP contribution in [0.15, 0.2) is 30.5 Å². The monoisotopic (exact) mass is 412 g/mol. The molecule has 2 saturated heterocycles. The van der Waals surface area contributed by atoms with Gasteiger partial charge in [-0.15, -0.1) is 0 Å². The van der Waals surface area contributed by atoms with Crippen molar-refractivity contribution in [2.45, 2.75) is 57.2 Å².